The van der Waals surface area contributed by atoms with Gasteiger partial charge in [-0.2, -0.15) is 13.2 Å². The second kappa shape index (κ2) is 7.31. The summed E-state index contributed by atoms with van der Waals surface area (Å²) in [4.78, 5) is 10.9. The molecule has 4 nitrogen and oxygen atoms in total. The Hall–Kier alpha value is -1.93. The minimum Gasteiger partial charge on any atom is -0.456 e. The summed E-state index contributed by atoms with van der Waals surface area (Å²) < 4.78 is 43.3. The number of ether oxygens (including phenoxy) is 1. The van der Waals surface area contributed by atoms with Crippen LogP contribution < -0.4 is 4.74 Å². The molecule has 0 aromatic heterocycles. The number of benzene rings is 2. The highest BCUT2D eigenvalue weighted by Gasteiger charge is 2.31. The van der Waals surface area contributed by atoms with Gasteiger partial charge in [-0.1, -0.05) is 18.5 Å². The predicted molar refractivity (Wildman–Crippen MR) is 86.0 cm³/mol. The number of thioether (sulfide) groups is 1. The minimum absolute atomic E-state index is 0.0333. The maximum Gasteiger partial charge on any atom is 0.416 e. The number of nitro groups is 1. The summed E-state index contributed by atoms with van der Waals surface area (Å²) in [5.41, 5.74) is -0.946. The molecule has 24 heavy (non-hydrogen) atoms. The number of halogens is 4. The fourth-order valence-corrected chi connectivity index (χ4v) is 2.89. The first kappa shape index (κ1) is 18.4. The molecular formula is C15H11ClF3NO3S. The molecule has 0 atom stereocenters. The zero-order valence-electron chi connectivity index (χ0n) is 12.3. The molecular weight excluding hydrogens is 367 g/mol. The van der Waals surface area contributed by atoms with Gasteiger partial charge in [-0.25, -0.2) is 0 Å². The third-order valence-corrected chi connectivity index (χ3v) is 4.14. The number of rotatable bonds is 5. The molecule has 0 bridgehead atoms. The Bertz CT molecular complexity index is 768. The van der Waals surface area contributed by atoms with Crippen molar-refractivity contribution in [2.75, 3.05) is 5.75 Å². The van der Waals surface area contributed by atoms with Gasteiger partial charge >= 0.3 is 6.18 Å². The van der Waals surface area contributed by atoms with Gasteiger partial charge in [-0.05, 0) is 30.0 Å². The lowest BCUT2D eigenvalue weighted by Gasteiger charge is -2.12. The van der Waals surface area contributed by atoms with Gasteiger partial charge in [0.1, 0.15) is 11.5 Å². The standard InChI is InChI=1S/C15H11ClF3NO3S/c1-2-24-14-8-10(4-5-12(14)20(21)22)23-13-6-3-9(7-11(13)16)15(17,18)19/h3-8H,2H2,1H3. The topological polar surface area (TPSA) is 52.4 Å². The van der Waals surface area contributed by atoms with E-state index in [2.05, 4.69) is 0 Å². The highest BCUT2D eigenvalue weighted by molar-refractivity contribution is 7.99. The third kappa shape index (κ3) is 4.33. The van der Waals surface area contributed by atoms with E-state index in [4.69, 9.17) is 16.3 Å². The van der Waals surface area contributed by atoms with E-state index in [0.717, 1.165) is 18.2 Å². The summed E-state index contributed by atoms with van der Waals surface area (Å²) in [5.74, 6) is 0.898. The smallest absolute Gasteiger partial charge is 0.416 e. The second-order valence-corrected chi connectivity index (χ2v) is 6.28. The predicted octanol–water partition coefficient (Wildman–Crippen LogP) is 6.17. The highest BCUT2D eigenvalue weighted by Crippen LogP contribution is 2.38. The first-order valence-electron chi connectivity index (χ1n) is 6.68. The maximum atomic E-state index is 12.6. The SMILES string of the molecule is CCSc1cc(Oc2ccc(C(F)(F)F)cc2Cl)ccc1[N+](=O)[O-]. The van der Waals surface area contributed by atoms with Crippen molar-refractivity contribution in [2.45, 2.75) is 18.0 Å². The van der Waals surface area contributed by atoms with Crippen LogP contribution in [0.4, 0.5) is 18.9 Å². The summed E-state index contributed by atoms with van der Waals surface area (Å²) >= 11 is 7.09. The van der Waals surface area contributed by atoms with Gasteiger partial charge in [0.2, 0.25) is 0 Å². The van der Waals surface area contributed by atoms with E-state index >= 15 is 0 Å². The number of nitro benzene ring substituents is 1. The van der Waals surface area contributed by atoms with E-state index in [1.807, 2.05) is 6.92 Å². The second-order valence-electron chi connectivity index (χ2n) is 4.56. The van der Waals surface area contributed by atoms with Crippen LogP contribution in [0.1, 0.15) is 12.5 Å². The first-order chi connectivity index (χ1) is 11.2. The summed E-state index contributed by atoms with van der Waals surface area (Å²) in [6.45, 7) is 1.84. The van der Waals surface area contributed by atoms with Crippen LogP contribution >= 0.6 is 23.4 Å². The summed E-state index contributed by atoms with van der Waals surface area (Å²) in [6.07, 6.45) is -4.50. The molecule has 0 saturated carbocycles. The maximum absolute atomic E-state index is 12.6. The van der Waals surface area contributed by atoms with E-state index in [1.165, 1.54) is 30.0 Å². The van der Waals surface area contributed by atoms with Crippen LogP contribution in [0.2, 0.25) is 5.02 Å². The van der Waals surface area contributed by atoms with Crippen LogP contribution in [0, 0.1) is 10.1 Å². The van der Waals surface area contributed by atoms with Gasteiger partial charge in [0.25, 0.3) is 5.69 Å². The van der Waals surface area contributed by atoms with Crippen LogP contribution in [0.5, 0.6) is 11.5 Å². The van der Waals surface area contributed by atoms with E-state index in [1.54, 1.807) is 0 Å². The number of nitrogens with zero attached hydrogens (tertiary/aromatic N) is 1. The first-order valence-corrected chi connectivity index (χ1v) is 8.04. The molecule has 0 fully saturated rings. The van der Waals surface area contributed by atoms with Gasteiger partial charge in [-0.15, -0.1) is 11.8 Å². The van der Waals surface area contributed by atoms with Crippen LogP contribution in [0.15, 0.2) is 41.3 Å². The third-order valence-electron chi connectivity index (χ3n) is 2.91. The molecule has 0 N–H and O–H groups in total. The average Bonchev–Trinajstić information content (AvgIpc) is 2.48. The largest absolute Gasteiger partial charge is 0.456 e. The molecule has 2 aromatic carbocycles. The Morgan fingerprint density at radius 2 is 1.96 bits per heavy atom. The Balaban J connectivity index is 2.31. The van der Waals surface area contributed by atoms with Crippen molar-refractivity contribution in [1.82, 2.24) is 0 Å². The van der Waals surface area contributed by atoms with Gasteiger partial charge in [0, 0.05) is 12.1 Å². The molecule has 2 aromatic rings. The van der Waals surface area contributed by atoms with E-state index in [-0.39, 0.29) is 22.2 Å². The van der Waals surface area contributed by atoms with Crippen molar-refractivity contribution in [2.24, 2.45) is 0 Å². The highest BCUT2D eigenvalue weighted by atomic mass is 35.5. The van der Waals surface area contributed by atoms with Crippen LogP contribution in [0.3, 0.4) is 0 Å². The number of hydrogen-bond acceptors (Lipinski definition) is 4. The molecule has 0 unspecified atom stereocenters. The zero-order valence-corrected chi connectivity index (χ0v) is 13.8. The Morgan fingerprint density at radius 1 is 1.25 bits per heavy atom. The summed E-state index contributed by atoms with van der Waals surface area (Å²) in [5, 5.41) is 10.8. The average molecular weight is 378 g/mol. The number of hydrogen-bond donors (Lipinski definition) is 0. The van der Waals surface area contributed by atoms with Crippen molar-refractivity contribution in [1.29, 1.82) is 0 Å². The van der Waals surface area contributed by atoms with Crippen molar-refractivity contribution in [3.8, 4) is 11.5 Å². The van der Waals surface area contributed by atoms with Gasteiger partial charge in [0.15, 0.2) is 0 Å². The Kier molecular flexibility index (Phi) is 5.61. The van der Waals surface area contributed by atoms with Gasteiger partial charge in [-0.3, -0.25) is 10.1 Å². The number of alkyl halides is 3. The monoisotopic (exact) mass is 377 g/mol. The van der Waals surface area contributed by atoms with Crippen LogP contribution in [-0.2, 0) is 6.18 Å². The molecule has 0 radical (unpaired) electrons. The van der Waals surface area contributed by atoms with Gasteiger partial charge in [0.05, 0.1) is 20.4 Å². The van der Waals surface area contributed by atoms with Crippen molar-refractivity contribution < 1.29 is 22.8 Å². The van der Waals surface area contributed by atoms with Crippen molar-refractivity contribution in [3.05, 3.63) is 57.1 Å². The van der Waals surface area contributed by atoms with Crippen molar-refractivity contribution in [3.63, 3.8) is 0 Å². The molecule has 0 saturated heterocycles. The molecule has 9 heteroatoms. The van der Waals surface area contributed by atoms with E-state index < -0.39 is 16.7 Å². The molecule has 0 aliphatic heterocycles. The van der Waals surface area contributed by atoms with Crippen LogP contribution in [-0.4, -0.2) is 10.7 Å². The lowest BCUT2D eigenvalue weighted by atomic mass is 10.2. The molecule has 0 amide bonds. The van der Waals surface area contributed by atoms with Crippen molar-refractivity contribution >= 4 is 29.1 Å². The van der Waals surface area contributed by atoms with Crippen LogP contribution in [0.25, 0.3) is 0 Å². The Morgan fingerprint density at radius 3 is 2.50 bits per heavy atom. The molecule has 0 spiro atoms. The molecule has 0 heterocycles. The summed E-state index contributed by atoms with van der Waals surface area (Å²) in [7, 11) is 0. The molecule has 2 rings (SSSR count). The lowest BCUT2D eigenvalue weighted by Crippen LogP contribution is -2.04. The zero-order chi connectivity index (χ0) is 17.9. The summed E-state index contributed by atoms with van der Waals surface area (Å²) in [6, 6.07) is 6.84. The van der Waals surface area contributed by atoms with Gasteiger partial charge < -0.3 is 4.74 Å². The quantitative estimate of drug-likeness (QED) is 0.355. The molecule has 0 aliphatic carbocycles. The van der Waals surface area contributed by atoms with E-state index in [0.29, 0.717) is 10.6 Å². The molecule has 128 valence electrons. The minimum atomic E-state index is -4.50. The Labute approximate surface area is 144 Å². The van der Waals surface area contributed by atoms with E-state index in [9.17, 15) is 23.3 Å². The normalized spacial score (nSPS) is 11.4. The fraction of sp³-hybridized carbons (Fsp3) is 0.200. The lowest BCUT2D eigenvalue weighted by molar-refractivity contribution is -0.387. The molecule has 0 aliphatic rings. The fourth-order valence-electron chi connectivity index (χ4n) is 1.87.